The maximum atomic E-state index is 12.7. The SMILES string of the molecule is COc1ccc2c(c1)CCN(S(=O)(=O)CCNC(=O)c1ccc3nc[nH]c3c1)C2. The lowest BCUT2D eigenvalue weighted by atomic mass is 10.0. The molecule has 1 aromatic heterocycles. The average Bonchev–Trinajstić information content (AvgIpc) is 3.20. The number of aromatic amines is 1. The van der Waals surface area contributed by atoms with Crippen molar-refractivity contribution >= 4 is 27.0 Å². The number of hydrogen-bond acceptors (Lipinski definition) is 5. The molecular formula is C20H22N4O4S. The van der Waals surface area contributed by atoms with Crippen LogP contribution in [0.3, 0.4) is 0 Å². The van der Waals surface area contributed by atoms with Crippen LogP contribution in [0.4, 0.5) is 0 Å². The van der Waals surface area contributed by atoms with Crippen molar-refractivity contribution in [2.24, 2.45) is 0 Å². The van der Waals surface area contributed by atoms with Crippen LogP contribution in [0.2, 0.25) is 0 Å². The molecule has 0 saturated carbocycles. The lowest BCUT2D eigenvalue weighted by Crippen LogP contribution is -2.40. The quantitative estimate of drug-likeness (QED) is 0.639. The second-order valence-corrected chi connectivity index (χ2v) is 9.01. The number of H-pyrrole nitrogens is 1. The molecule has 1 aliphatic heterocycles. The largest absolute Gasteiger partial charge is 0.497 e. The Hall–Kier alpha value is -2.91. The van der Waals surface area contributed by atoms with Gasteiger partial charge in [-0.2, -0.15) is 4.31 Å². The van der Waals surface area contributed by atoms with Gasteiger partial charge in [0.2, 0.25) is 10.0 Å². The van der Waals surface area contributed by atoms with Crippen molar-refractivity contribution in [2.75, 3.05) is 26.0 Å². The molecule has 3 aromatic rings. The highest BCUT2D eigenvalue weighted by atomic mass is 32.2. The molecule has 8 nitrogen and oxygen atoms in total. The highest BCUT2D eigenvalue weighted by molar-refractivity contribution is 7.89. The molecule has 0 aliphatic carbocycles. The maximum Gasteiger partial charge on any atom is 0.251 e. The van der Waals surface area contributed by atoms with E-state index in [1.165, 1.54) is 4.31 Å². The van der Waals surface area contributed by atoms with E-state index in [1.54, 1.807) is 31.6 Å². The lowest BCUT2D eigenvalue weighted by Gasteiger charge is -2.28. The normalized spacial score (nSPS) is 14.5. The molecule has 152 valence electrons. The molecule has 1 aliphatic rings. The van der Waals surface area contributed by atoms with Crippen molar-refractivity contribution in [3.63, 3.8) is 0 Å². The Bertz CT molecular complexity index is 1160. The van der Waals surface area contributed by atoms with Gasteiger partial charge < -0.3 is 15.0 Å². The first-order valence-electron chi connectivity index (χ1n) is 9.31. The fourth-order valence-electron chi connectivity index (χ4n) is 3.47. The third kappa shape index (κ3) is 4.10. The van der Waals surface area contributed by atoms with Crippen molar-refractivity contribution in [3.8, 4) is 5.75 Å². The molecule has 4 rings (SSSR count). The molecule has 0 unspecified atom stereocenters. The number of nitrogens with zero attached hydrogens (tertiary/aromatic N) is 2. The Morgan fingerprint density at radius 1 is 1.24 bits per heavy atom. The van der Waals surface area contributed by atoms with Crippen LogP contribution < -0.4 is 10.1 Å². The number of methoxy groups -OCH3 is 1. The van der Waals surface area contributed by atoms with E-state index in [9.17, 15) is 13.2 Å². The van der Waals surface area contributed by atoms with E-state index < -0.39 is 10.0 Å². The maximum absolute atomic E-state index is 12.7. The number of sulfonamides is 1. The molecule has 2 N–H and O–H groups in total. The van der Waals surface area contributed by atoms with Gasteiger partial charge in [-0.1, -0.05) is 6.07 Å². The summed E-state index contributed by atoms with van der Waals surface area (Å²) in [5.41, 5.74) is 4.08. The molecule has 0 fully saturated rings. The molecule has 0 spiro atoms. The zero-order chi connectivity index (χ0) is 20.4. The van der Waals surface area contributed by atoms with Gasteiger partial charge >= 0.3 is 0 Å². The smallest absolute Gasteiger partial charge is 0.251 e. The van der Waals surface area contributed by atoms with Crippen LogP contribution in [0.25, 0.3) is 11.0 Å². The van der Waals surface area contributed by atoms with E-state index in [-0.39, 0.29) is 18.2 Å². The molecular weight excluding hydrogens is 392 g/mol. The molecule has 2 heterocycles. The van der Waals surface area contributed by atoms with E-state index in [0.717, 1.165) is 27.9 Å². The number of benzene rings is 2. The van der Waals surface area contributed by atoms with Gasteiger partial charge in [0.1, 0.15) is 5.75 Å². The van der Waals surface area contributed by atoms with Crippen molar-refractivity contribution < 1.29 is 17.9 Å². The number of nitrogens with one attached hydrogen (secondary N) is 2. The lowest BCUT2D eigenvalue weighted by molar-refractivity contribution is 0.0956. The van der Waals surface area contributed by atoms with Crippen molar-refractivity contribution in [3.05, 3.63) is 59.4 Å². The molecule has 0 bridgehead atoms. The fourth-order valence-corrected chi connectivity index (χ4v) is 4.79. The van der Waals surface area contributed by atoms with Gasteiger partial charge in [-0.05, 0) is 47.9 Å². The Morgan fingerprint density at radius 2 is 2.10 bits per heavy atom. The van der Waals surface area contributed by atoms with Crippen LogP contribution in [-0.2, 0) is 23.0 Å². The van der Waals surface area contributed by atoms with Crippen LogP contribution in [-0.4, -0.2) is 54.6 Å². The summed E-state index contributed by atoms with van der Waals surface area (Å²) in [7, 11) is -1.86. The van der Waals surface area contributed by atoms with Gasteiger partial charge in [0.15, 0.2) is 0 Å². The molecule has 29 heavy (non-hydrogen) atoms. The summed E-state index contributed by atoms with van der Waals surface area (Å²) < 4.78 is 32.1. The Labute approximate surface area is 168 Å². The first kappa shape index (κ1) is 19.4. The number of amides is 1. The molecule has 0 radical (unpaired) electrons. The molecule has 0 atom stereocenters. The summed E-state index contributed by atoms with van der Waals surface area (Å²) in [6.45, 7) is 0.813. The summed E-state index contributed by atoms with van der Waals surface area (Å²) in [5, 5.41) is 2.69. The third-order valence-corrected chi connectivity index (χ3v) is 6.93. The minimum atomic E-state index is -3.47. The highest BCUT2D eigenvalue weighted by Gasteiger charge is 2.26. The third-order valence-electron chi connectivity index (χ3n) is 5.11. The number of hydrogen-bond donors (Lipinski definition) is 2. The number of carbonyl (C=O) groups excluding carboxylic acids is 1. The zero-order valence-electron chi connectivity index (χ0n) is 16.0. The first-order valence-corrected chi connectivity index (χ1v) is 10.9. The minimum absolute atomic E-state index is 0.0498. The van der Waals surface area contributed by atoms with Crippen molar-refractivity contribution in [2.45, 2.75) is 13.0 Å². The van der Waals surface area contributed by atoms with E-state index in [1.807, 2.05) is 18.2 Å². The van der Waals surface area contributed by atoms with Crippen LogP contribution >= 0.6 is 0 Å². The van der Waals surface area contributed by atoms with Gasteiger partial charge in [0.25, 0.3) is 5.91 Å². The van der Waals surface area contributed by atoms with Gasteiger partial charge in [-0.3, -0.25) is 4.79 Å². The number of rotatable bonds is 6. The van der Waals surface area contributed by atoms with Crippen LogP contribution in [0.15, 0.2) is 42.7 Å². The highest BCUT2D eigenvalue weighted by Crippen LogP contribution is 2.25. The zero-order valence-corrected chi connectivity index (χ0v) is 16.8. The second-order valence-electron chi connectivity index (χ2n) is 6.92. The first-order chi connectivity index (χ1) is 14.0. The molecule has 9 heteroatoms. The van der Waals surface area contributed by atoms with Gasteiger partial charge in [-0.25, -0.2) is 13.4 Å². The molecule has 0 saturated heterocycles. The number of imidazole rings is 1. The van der Waals surface area contributed by atoms with Crippen LogP contribution in [0, 0.1) is 0 Å². The van der Waals surface area contributed by atoms with E-state index >= 15 is 0 Å². The average molecular weight is 414 g/mol. The predicted octanol–water partition coefficient (Wildman–Crippen LogP) is 1.69. The summed E-state index contributed by atoms with van der Waals surface area (Å²) >= 11 is 0. The van der Waals surface area contributed by atoms with Crippen LogP contribution in [0.5, 0.6) is 5.75 Å². The predicted molar refractivity (Wildman–Crippen MR) is 109 cm³/mol. The number of aromatic nitrogens is 2. The van der Waals surface area contributed by atoms with Gasteiger partial charge in [0, 0.05) is 25.2 Å². The fraction of sp³-hybridized carbons (Fsp3) is 0.300. The summed E-state index contributed by atoms with van der Waals surface area (Å²) in [6.07, 6.45) is 2.20. The molecule has 2 aromatic carbocycles. The summed E-state index contributed by atoms with van der Waals surface area (Å²) in [6, 6.07) is 10.8. The number of carbonyl (C=O) groups is 1. The minimum Gasteiger partial charge on any atom is -0.497 e. The van der Waals surface area contributed by atoms with E-state index in [4.69, 9.17) is 4.74 Å². The Kier molecular flexibility index (Phi) is 5.25. The Morgan fingerprint density at radius 3 is 2.93 bits per heavy atom. The van der Waals surface area contributed by atoms with E-state index in [2.05, 4.69) is 15.3 Å². The van der Waals surface area contributed by atoms with Crippen molar-refractivity contribution in [1.29, 1.82) is 0 Å². The second kappa shape index (κ2) is 7.84. The molecule has 1 amide bonds. The standard InChI is InChI=1S/C20H22N4O4S/c1-28-17-4-2-16-12-24(8-6-14(16)10-17)29(26,27)9-7-21-20(25)15-3-5-18-19(11-15)23-13-22-18/h2-5,10-11,13H,6-9,12H2,1H3,(H,21,25)(H,22,23). The monoisotopic (exact) mass is 414 g/mol. The summed E-state index contributed by atoms with van der Waals surface area (Å²) in [4.78, 5) is 19.4. The van der Waals surface area contributed by atoms with Gasteiger partial charge in [-0.15, -0.1) is 0 Å². The van der Waals surface area contributed by atoms with Gasteiger partial charge in [0.05, 0.1) is 30.2 Å². The number of fused-ring (bicyclic) bond motifs is 2. The van der Waals surface area contributed by atoms with E-state index in [0.29, 0.717) is 25.1 Å². The summed E-state index contributed by atoms with van der Waals surface area (Å²) in [5.74, 6) is 0.320. The van der Waals surface area contributed by atoms with Crippen LogP contribution in [0.1, 0.15) is 21.5 Å². The van der Waals surface area contributed by atoms with Crippen molar-refractivity contribution in [1.82, 2.24) is 19.6 Å². The number of ether oxygens (including phenoxy) is 1. The Balaban J connectivity index is 1.35. The topological polar surface area (TPSA) is 104 Å².